The summed E-state index contributed by atoms with van der Waals surface area (Å²) in [5, 5.41) is 15.6. The van der Waals surface area contributed by atoms with E-state index < -0.39 is 11.9 Å². The molecule has 180 valence electrons. The summed E-state index contributed by atoms with van der Waals surface area (Å²) in [4.78, 5) is 26.7. The number of anilines is 1. The van der Waals surface area contributed by atoms with Gasteiger partial charge in [-0.05, 0) is 80.7 Å². The molecule has 0 bridgehead atoms. The summed E-state index contributed by atoms with van der Waals surface area (Å²) in [6.45, 7) is 3.48. The van der Waals surface area contributed by atoms with E-state index in [-0.39, 0.29) is 0 Å². The quantitative estimate of drug-likeness (QED) is 0.467. The summed E-state index contributed by atoms with van der Waals surface area (Å²) < 4.78 is 0. The molecule has 1 saturated heterocycles. The van der Waals surface area contributed by atoms with Crippen molar-refractivity contribution in [2.75, 3.05) is 38.6 Å². The minimum Gasteiger partial charge on any atom is -0.478 e. The minimum atomic E-state index is -1.26. The Balaban J connectivity index is 0.000000350. The van der Waals surface area contributed by atoms with Crippen LogP contribution in [0.25, 0.3) is 5.57 Å². The topological polar surface area (TPSA) is 81.1 Å². The van der Waals surface area contributed by atoms with E-state index >= 15 is 0 Å². The van der Waals surface area contributed by atoms with Crippen LogP contribution in [0.3, 0.4) is 0 Å². The molecule has 0 radical (unpaired) electrons. The van der Waals surface area contributed by atoms with Crippen LogP contribution in [0.5, 0.6) is 0 Å². The Morgan fingerprint density at radius 1 is 0.941 bits per heavy atom. The zero-order valence-electron chi connectivity index (χ0n) is 19.7. The third-order valence-electron chi connectivity index (χ3n) is 5.66. The van der Waals surface area contributed by atoms with Gasteiger partial charge in [0.15, 0.2) is 0 Å². The Labute approximate surface area is 205 Å². The van der Waals surface area contributed by atoms with E-state index in [2.05, 4.69) is 72.4 Å². The van der Waals surface area contributed by atoms with Crippen LogP contribution in [0.4, 0.5) is 5.69 Å². The minimum absolute atomic E-state index is 0.558. The number of piperidine rings is 1. The Morgan fingerprint density at radius 2 is 1.59 bits per heavy atom. The van der Waals surface area contributed by atoms with Gasteiger partial charge in [0.05, 0.1) is 0 Å². The summed E-state index contributed by atoms with van der Waals surface area (Å²) in [6, 6.07) is 15.9. The van der Waals surface area contributed by atoms with Crippen molar-refractivity contribution in [1.82, 2.24) is 4.90 Å². The van der Waals surface area contributed by atoms with Gasteiger partial charge < -0.3 is 20.0 Å². The molecule has 0 unspecified atom stereocenters. The average Bonchev–Trinajstić information content (AvgIpc) is 2.83. The predicted octanol–water partition coefficient (Wildman–Crippen LogP) is 5.24. The van der Waals surface area contributed by atoms with Gasteiger partial charge in [0, 0.05) is 47.3 Å². The van der Waals surface area contributed by atoms with Crippen LogP contribution in [0.1, 0.15) is 36.8 Å². The first-order valence-electron chi connectivity index (χ1n) is 11.5. The van der Waals surface area contributed by atoms with Crippen LogP contribution in [-0.2, 0) is 9.59 Å². The second-order valence-corrected chi connectivity index (χ2v) is 9.63. The van der Waals surface area contributed by atoms with Gasteiger partial charge >= 0.3 is 11.9 Å². The normalized spacial score (nSPS) is 16.1. The van der Waals surface area contributed by atoms with Gasteiger partial charge in [-0.25, -0.2) is 9.59 Å². The molecule has 34 heavy (non-hydrogen) atoms. The van der Waals surface area contributed by atoms with E-state index in [1.54, 1.807) is 0 Å². The second kappa shape index (κ2) is 12.4. The lowest BCUT2D eigenvalue weighted by Crippen LogP contribution is -2.29. The molecule has 7 heteroatoms. The number of carboxylic acids is 2. The fourth-order valence-corrected chi connectivity index (χ4v) is 5.12. The van der Waals surface area contributed by atoms with E-state index in [0.29, 0.717) is 12.2 Å². The number of carbonyl (C=O) groups is 2. The Hall–Kier alpha value is -3.03. The van der Waals surface area contributed by atoms with Gasteiger partial charge in [0.2, 0.25) is 0 Å². The Morgan fingerprint density at radius 3 is 2.24 bits per heavy atom. The highest BCUT2D eigenvalue weighted by Crippen LogP contribution is 2.46. The smallest absolute Gasteiger partial charge is 0.328 e. The van der Waals surface area contributed by atoms with Gasteiger partial charge in [0.1, 0.15) is 0 Å². The summed E-state index contributed by atoms with van der Waals surface area (Å²) >= 11 is 1.91. The van der Waals surface area contributed by atoms with Crippen molar-refractivity contribution >= 4 is 35.0 Å². The largest absolute Gasteiger partial charge is 0.478 e. The van der Waals surface area contributed by atoms with Crippen LogP contribution in [-0.4, -0.2) is 60.8 Å². The lowest BCUT2D eigenvalue weighted by molar-refractivity contribution is -0.134. The standard InChI is InChI=1S/C23H28N2S.C4H4O4/c1-24(2)14-8-10-19-20-9-4-5-11-22(20)26-23-13-12-18(17-21(19)23)25-15-6-3-7-16-25;5-3(6)1-2-4(7)8/h4-5,9-13,17H,3,6-8,14-16H2,1-2H3;1-2H,(H,5,6)(H,7,8)/b19-10+;2-1-. The van der Waals surface area contributed by atoms with Crippen molar-refractivity contribution in [3.63, 3.8) is 0 Å². The fourth-order valence-electron chi connectivity index (χ4n) is 4.04. The van der Waals surface area contributed by atoms with E-state index in [9.17, 15) is 9.59 Å². The van der Waals surface area contributed by atoms with Crippen molar-refractivity contribution in [2.45, 2.75) is 35.5 Å². The van der Waals surface area contributed by atoms with E-state index in [1.807, 2.05) is 11.8 Å². The highest BCUT2D eigenvalue weighted by Gasteiger charge is 2.22. The highest BCUT2D eigenvalue weighted by molar-refractivity contribution is 7.99. The van der Waals surface area contributed by atoms with Gasteiger partial charge in [-0.3, -0.25) is 0 Å². The van der Waals surface area contributed by atoms with Crippen LogP contribution >= 0.6 is 11.8 Å². The molecule has 2 aliphatic heterocycles. The molecule has 1 fully saturated rings. The number of aliphatic carboxylic acids is 2. The summed E-state index contributed by atoms with van der Waals surface area (Å²) in [7, 11) is 4.29. The molecule has 2 aromatic carbocycles. The molecule has 2 heterocycles. The molecule has 0 atom stereocenters. The third-order valence-corrected chi connectivity index (χ3v) is 6.82. The number of benzene rings is 2. The molecule has 0 aromatic heterocycles. The van der Waals surface area contributed by atoms with Crippen molar-refractivity contribution in [1.29, 1.82) is 0 Å². The summed E-state index contributed by atoms with van der Waals surface area (Å²) in [5.41, 5.74) is 5.60. The number of carboxylic acid groups (broad SMARTS) is 2. The molecule has 0 saturated carbocycles. The van der Waals surface area contributed by atoms with Gasteiger partial charge in [-0.15, -0.1) is 0 Å². The number of hydrogen-bond acceptors (Lipinski definition) is 5. The van der Waals surface area contributed by atoms with Crippen molar-refractivity contribution < 1.29 is 19.8 Å². The van der Waals surface area contributed by atoms with E-state index in [4.69, 9.17) is 10.2 Å². The average molecular weight is 481 g/mol. The lowest BCUT2D eigenvalue weighted by atomic mass is 9.95. The first kappa shape index (κ1) is 25.6. The zero-order chi connectivity index (χ0) is 24.5. The maximum atomic E-state index is 9.55. The maximum Gasteiger partial charge on any atom is 0.328 e. The molecule has 4 rings (SSSR count). The molecular weight excluding hydrogens is 448 g/mol. The summed E-state index contributed by atoms with van der Waals surface area (Å²) in [5.74, 6) is -2.51. The number of rotatable bonds is 6. The molecule has 0 aliphatic carbocycles. The van der Waals surface area contributed by atoms with Gasteiger partial charge in [-0.1, -0.05) is 36.0 Å². The highest BCUT2D eigenvalue weighted by atomic mass is 32.2. The van der Waals surface area contributed by atoms with Crippen LogP contribution in [0.15, 0.2) is 70.5 Å². The monoisotopic (exact) mass is 480 g/mol. The molecule has 6 nitrogen and oxygen atoms in total. The molecule has 0 spiro atoms. The Bertz CT molecular complexity index is 1060. The molecular formula is C27H32N2O4S. The van der Waals surface area contributed by atoms with E-state index in [1.165, 1.54) is 64.5 Å². The first-order valence-corrected chi connectivity index (χ1v) is 12.3. The Kier molecular flexibility index (Phi) is 9.36. The van der Waals surface area contributed by atoms with Crippen LogP contribution in [0.2, 0.25) is 0 Å². The first-order chi connectivity index (χ1) is 16.3. The number of fused-ring (bicyclic) bond motifs is 2. The molecule has 2 aromatic rings. The van der Waals surface area contributed by atoms with Crippen LogP contribution in [0, 0.1) is 0 Å². The number of nitrogens with zero attached hydrogens (tertiary/aromatic N) is 2. The fraction of sp³-hybridized carbons (Fsp3) is 0.333. The summed E-state index contributed by atoms with van der Waals surface area (Å²) in [6.07, 6.45) is 8.65. The van der Waals surface area contributed by atoms with E-state index in [0.717, 1.165) is 13.0 Å². The second-order valence-electron chi connectivity index (χ2n) is 8.55. The molecule has 2 aliphatic rings. The molecule has 2 N–H and O–H groups in total. The predicted molar refractivity (Wildman–Crippen MR) is 138 cm³/mol. The van der Waals surface area contributed by atoms with Gasteiger partial charge in [0.25, 0.3) is 0 Å². The lowest BCUT2D eigenvalue weighted by Gasteiger charge is -2.31. The van der Waals surface area contributed by atoms with Crippen molar-refractivity contribution in [3.8, 4) is 0 Å². The maximum absolute atomic E-state index is 9.55. The zero-order valence-corrected chi connectivity index (χ0v) is 20.6. The van der Waals surface area contributed by atoms with Crippen molar-refractivity contribution in [3.05, 3.63) is 71.8 Å². The van der Waals surface area contributed by atoms with Crippen LogP contribution < -0.4 is 4.90 Å². The third kappa shape index (κ3) is 7.23. The number of hydrogen-bond donors (Lipinski definition) is 2. The van der Waals surface area contributed by atoms with Gasteiger partial charge in [-0.2, -0.15) is 0 Å². The van der Waals surface area contributed by atoms with Crippen molar-refractivity contribution in [2.24, 2.45) is 0 Å². The SMILES string of the molecule is CN(C)CC/C=C1\c2ccccc2Sc2ccc(N3CCCCC3)cc21.O=C(O)/C=C\C(=O)O. The molecule has 0 amide bonds.